The Kier molecular flexibility index (Phi) is 5.44. The van der Waals surface area contributed by atoms with Gasteiger partial charge in [-0.1, -0.05) is 30.9 Å². The lowest BCUT2D eigenvalue weighted by atomic mass is 10.0. The molecule has 0 fully saturated rings. The van der Waals surface area contributed by atoms with Crippen LogP contribution in [0.15, 0.2) is 49.0 Å². The average molecular weight is 364 g/mol. The first-order chi connectivity index (χ1) is 12.0. The van der Waals surface area contributed by atoms with E-state index in [1.807, 2.05) is 0 Å². The first kappa shape index (κ1) is 19.6. The number of hydrogen-bond donors (Lipinski definition) is 0. The summed E-state index contributed by atoms with van der Waals surface area (Å²) < 4.78 is 47.3. The summed E-state index contributed by atoms with van der Waals surface area (Å²) in [7, 11) is 0. The molecule has 0 aliphatic heterocycles. The van der Waals surface area contributed by atoms with E-state index in [0.29, 0.717) is 16.7 Å². The molecule has 6 heteroatoms. The molecule has 0 bridgehead atoms. The summed E-state index contributed by atoms with van der Waals surface area (Å²) in [6.45, 7) is 8.87. The van der Waals surface area contributed by atoms with Gasteiger partial charge in [-0.3, -0.25) is 0 Å². The summed E-state index contributed by atoms with van der Waals surface area (Å²) >= 11 is 0. The quantitative estimate of drug-likeness (QED) is 0.638. The molecule has 0 aromatic heterocycles. The molecule has 2 aromatic carbocycles. The molecule has 0 saturated carbocycles. The Labute approximate surface area is 150 Å². The first-order valence-corrected chi connectivity index (χ1v) is 7.84. The van der Waals surface area contributed by atoms with E-state index in [9.17, 15) is 18.0 Å². The fraction of sp³-hybridized carbons (Fsp3) is 0.250. The number of rotatable bonds is 4. The Balaban J connectivity index is 2.38. The first-order valence-electron chi connectivity index (χ1n) is 7.84. The normalized spacial score (nSPS) is 11.8. The molecular formula is C20H19F3O3. The van der Waals surface area contributed by atoms with E-state index in [1.54, 1.807) is 32.9 Å². The van der Waals surface area contributed by atoms with Crippen molar-refractivity contribution in [2.75, 3.05) is 0 Å². The van der Waals surface area contributed by atoms with Gasteiger partial charge in [0.2, 0.25) is 0 Å². The highest BCUT2D eigenvalue weighted by Gasteiger charge is 2.32. The number of carbonyl (C=O) groups is 1. The van der Waals surface area contributed by atoms with Crippen LogP contribution in [-0.4, -0.2) is 17.9 Å². The van der Waals surface area contributed by atoms with Gasteiger partial charge in [-0.15, -0.1) is 13.2 Å². The highest BCUT2D eigenvalue weighted by Crippen LogP contribution is 2.35. The summed E-state index contributed by atoms with van der Waals surface area (Å²) in [5, 5.41) is 0. The van der Waals surface area contributed by atoms with Crippen LogP contribution in [0.5, 0.6) is 5.75 Å². The van der Waals surface area contributed by atoms with Gasteiger partial charge < -0.3 is 9.47 Å². The highest BCUT2D eigenvalue weighted by molar-refractivity contribution is 5.90. The second kappa shape index (κ2) is 7.23. The Morgan fingerprint density at radius 3 is 2.15 bits per heavy atom. The fourth-order valence-electron chi connectivity index (χ4n) is 2.24. The molecule has 0 N–H and O–H groups in total. The number of halogens is 3. The number of alkyl halides is 3. The van der Waals surface area contributed by atoms with Crippen molar-refractivity contribution in [1.82, 2.24) is 0 Å². The molecule has 0 aliphatic carbocycles. The number of benzene rings is 2. The lowest BCUT2D eigenvalue weighted by Gasteiger charge is -2.19. The van der Waals surface area contributed by atoms with E-state index in [4.69, 9.17) is 4.74 Å². The molecule has 0 heterocycles. The summed E-state index contributed by atoms with van der Waals surface area (Å²) in [4.78, 5) is 12.1. The van der Waals surface area contributed by atoms with Crippen LogP contribution in [0.25, 0.3) is 17.2 Å². The van der Waals surface area contributed by atoms with Crippen LogP contribution in [0.1, 0.15) is 36.7 Å². The minimum atomic E-state index is -4.80. The molecule has 26 heavy (non-hydrogen) atoms. The largest absolute Gasteiger partial charge is 0.573 e. The Hall–Kier alpha value is -2.76. The van der Waals surface area contributed by atoms with Crippen LogP contribution in [0.2, 0.25) is 0 Å². The fourth-order valence-corrected chi connectivity index (χ4v) is 2.24. The molecule has 0 aliphatic rings. The molecular weight excluding hydrogens is 345 g/mol. The third-order valence-electron chi connectivity index (χ3n) is 3.30. The minimum absolute atomic E-state index is 0.246. The maximum absolute atomic E-state index is 12.6. The van der Waals surface area contributed by atoms with Crippen molar-refractivity contribution in [1.29, 1.82) is 0 Å². The molecule has 0 atom stereocenters. The lowest BCUT2D eigenvalue weighted by molar-refractivity contribution is -0.274. The summed E-state index contributed by atoms with van der Waals surface area (Å²) in [5.41, 5.74) is 1.03. The van der Waals surface area contributed by atoms with Crippen molar-refractivity contribution >= 4 is 12.0 Å². The van der Waals surface area contributed by atoms with E-state index in [0.717, 1.165) is 0 Å². The molecule has 2 rings (SSSR count). The molecule has 0 unspecified atom stereocenters. The second-order valence-corrected chi connectivity index (χ2v) is 6.59. The monoisotopic (exact) mass is 364 g/mol. The number of ether oxygens (including phenoxy) is 2. The smallest absolute Gasteiger partial charge is 0.456 e. The van der Waals surface area contributed by atoms with E-state index >= 15 is 0 Å². The van der Waals surface area contributed by atoms with Gasteiger partial charge in [0.15, 0.2) is 0 Å². The Bertz CT molecular complexity index is 801. The van der Waals surface area contributed by atoms with E-state index in [1.165, 1.54) is 36.4 Å². The second-order valence-electron chi connectivity index (χ2n) is 6.59. The van der Waals surface area contributed by atoms with Crippen LogP contribution < -0.4 is 4.74 Å². The molecule has 0 saturated heterocycles. The Morgan fingerprint density at radius 1 is 1.04 bits per heavy atom. The molecule has 138 valence electrons. The van der Waals surface area contributed by atoms with Crippen LogP contribution in [0.3, 0.4) is 0 Å². The molecule has 2 aromatic rings. The van der Waals surface area contributed by atoms with Crippen molar-refractivity contribution < 1.29 is 27.4 Å². The lowest BCUT2D eigenvalue weighted by Crippen LogP contribution is -2.23. The summed E-state index contributed by atoms with van der Waals surface area (Å²) in [6.07, 6.45) is -3.28. The maximum Gasteiger partial charge on any atom is 0.573 e. The van der Waals surface area contributed by atoms with Gasteiger partial charge in [0.1, 0.15) is 11.4 Å². The van der Waals surface area contributed by atoms with Gasteiger partial charge in [-0.2, -0.15) is 0 Å². The van der Waals surface area contributed by atoms with Gasteiger partial charge in [0, 0.05) is 5.56 Å². The third-order valence-corrected chi connectivity index (χ3v) is 3.30. The van der Waals surface area contributed by atoms with Gasteiger partial charge >= 0.3 is 12.3 Å². The average Bonchev–Trinajstić information content (AvgIpc) is 2.52. The van der Waals surface area contributed by atoms with E-state index < -0.39 is 17.9 Å². The van der Waals surface area contributed by atoms with Crippen molar-refractivity contribution in [3.05, 3.63) is 60.2 Å². The molecule has 0 spiro atoms. The van der Waals surface area contributed by atoms with E-state index in [2.05, 4.69) is 11.3 Å². The minimum Gasteiger partial charge on any atom is -0.456 e. The zero-order valence-corrected chi connectivity index (χ0v) is 14.7. The molecule has 3 nitrogen and oxygen atoms in total. The topological polar surface area (TPSA) is 35.5 Å². The molecule has 0 amide bonds. The zero-order chi connectivity index (χ0) is 19.5. The number of hydrogen-bond acceptors (Lipinski definition) is 3. The zero-order valence-electron chi connectivity index (χ0n) is 14.7. The number of esters is 1. The van der Waals surface area contributed by atoms with Crippen molar-refractivity contribution in [3.63, 3.8) is 0 Å². The van der Waals surface area contributed by atoms with Gasteiger partial charge in [0.05, 0.1) is 5.56 Å². The van der Waals surface area contributed by atoms with Gasteiger partial charge in [0.25, 0.3) is 0 Å². The van der Waals surface area contributed by atoms with Crippen molar-refractivity contribution in [2.24, 2.45) is 0 Å². The summed E-state index contributed by atoms with van der Waals surface area (Å²) in [6, 6.07) is 10.4. The standard InChI is InChI=1S/C20H19F3O3/c1-5-13-6-11-17(25-20(21,22)23)16(12-13)14-7-9-15(10-8-14)18(24)26-19(2,3)4/h5-12H,1H2,2-4H3. The van der Waals surface area contributed by atoms with Crippen molar-refractivity contribution in [2.45, 2.75) is 32.7 Å². The van der Waals surface area contributed by atoms with Crippen LogP contribution in [0, 0.1) is 0 Å². The third kappa shape index (κ3) is 5.37. The van der Waals surface area contributed by atoms with Gasteiger partial charge in [-0.25, -0.2) is 4.79 Å². The Morgan fingerprint density at radius 2 is 1.65 bits per heavy atom. The van der Waals surface area contributed by atoms with Crippen LogP contribution in [-0.2, 0) is 4.74 Å². The predicted molar refractivity (Wildman–Crippen MR) is 93.8 cm³/mol. The van der Waals surface area contributed by atoms with Gasteiger partial charge in [-0.05, 0) is 56.2 Å². The molecule has 0 radical (unpaired) electrons. The SMILES string of the molecule is C=Cc1ccc(OC(F)(F)F)c(-c2ccc(C(=O)OC(C)(C)C)cc2)c1. The van der Waals surface area contributed by atoms with E-state index in [-0.39, 0.29) is 11.3 Å². The van der Waals surface area contributed by atoms with Crippen LogP contribution >= 0.6 is 0 Å². The van der Waals surface area contributed by atoms with Crippen molar-refractivity contribution in [3.8, 4) is 16.9 Å². The van der Waals surface area contributed by atoms with Crippen LogP contribution in [0.4, 0.5) is 13.2 Å². The number of carbonyl (C=O) groups excluding carboxylic acids is 1. The predicted octanol–water partition coefficient (Wildman–Crippen LogP) is 5.85. The maximum atomic E-state index is 12.6. The summed E-state index contributed by atoms with van der Waals surface area (Å²) in [5.74, 6) is -0.830. The highest BCUT2D eigenvalue weighted by atomic mass is 19.4.